The summed E-state index contributed by atoms with van der Waals surface area (Å²) in [7, 11) is 0. The Labute approximate surface area is 212 Å². The van der Waals surface area contributed by atoms with E-state index in [0.717, 1.165) is 19.6 Å². The summed E-state index contributed by atoms with van der Waals surface area (Å²) in [5.41, 5.74) is 3.91. The number of alkyl halides is 3. The first-order chi connectivity index (χ1) is 17.3. The minimum Gasteiger partial charge on any atom is -0.406 e. The predicted molar refractivity (Wildman–Crippen MR) is 132 cm³/mol. The lowest BCUT2D eigenvalue weighted by atomic mass is 10.0. The van der Waals surface area contributed by atoms with Crippen molar-refractivity contribution in [1.82, 2.24) is 14.8 Å². The van der Waals surface area contributed by atoms with Crippen LogP contribution in [0.2, 0.25) is 0 Å². The number of carbonyl (C=O) groups excluding carboxylic acids is 1. The van der Waals surface area contributed by atoms with Crippen LogP contribution in [0, 0.1) is 17.8 Å². The second kappa shape index (κ2) is 10.2. The zero-order chi connectivity index (χ0) is 25.3. The molecule has 0 radical (unpaired) electrons. The molecule has 0 bridgehead atoms. The molecule has 1 aliphatic heterocycles. The molecule has 1 saturated heterocycles. The standard InChI is InChI=1S/C27H28F3N3O2S/c1-18(20-7-3-2-4-8-20)11-32-13-22-23(14-32)24(22)15-33(26(34)25-16-36-17-31-25)12-19-6-5-9-21(10-19)35-27(28,29)30/h2-10,16-18,22-24H,11-15H2,1H3. The van der Waals surface area contributed by atoms with Gasteiger partial charge in [-0.3, -0.25) is 4.79 Å². The number of rotatable bonds is 9. The van der Waals surface area contributed by atoms with E-state index in [1.807, 2.05) is 6.07 Å². The van der Waals surface area contributed by atoms with Crippen molar-refractivity contribution < 1.29 is 22.7 Å². The van der Waals surface area contributed by atoms with E-state index >= 15 is 0 Å². The van der Waals surface area contributed by atoms with Gasteiger partial charge in [0.2, 0.25) is 0 Å². The maximum absolute atomic E-state index is 13.2. The molecule has 1 amide bonds. The number of carbonyl (C=O) groups is 1. The highest BCUT2D eigenvalue weighted by Gasteiger charge is 2.56. The normalized spacial score (nSPS) is 22.2. The molecule has 36 heavy (non-hydrogen) atoms. The van der Waals surface area contributed by atoms with Crippen LogP contribution in [-0.2, 0) is 6.54 Å². The molecule has 3 unspecified atom stereocenters. The van der Waals surface area contributed by atoms with E-state index in [1.54, 1.807) is 21.9 Å². The Bertz CT molecular complexity index is 1160. The fourth-order valence-corrected chi connectivity index (χ4v) is 5.97. The van der Waals surface area contributed by atoms with Gasteiger partial charge in [0.1, 0.15) is 11.4 Å². The van der Waals surface area contributed by atoms with Crippen LogP contribution in [0.4, 0.5) is 13.2 Å². The number of likely N-dealkylation sites (tertiary alicyclic amines) is 1. The van der Waals surface area contributed by atoms with E-state index in [0.29, 0.717) is 41.5 Å². The molecule has 2 fully saturated rings. The van der Waals surface area contributed by atoms with Crippen molar-refractivity contribution in [1.29, 1.82) is 0 Å². The van der Waals surface area contributed by atoms with Crippen LogP contribution in [-0.4, -0.2) is 53.2 Å². The number of amides is 1. The van der Waals surface area contributed by atoms with Crippen LogP contribution in [0.25, 0.3) is 0 Å². The molecule has 1 aromatic heterocycles. The Kier molecular flexibility index (Phi) is 7.03. The van der Waals surface area contributed by atoms with Crippen LogP contribution >= 0.6 is 11.3 Å². The maximum atomic E-state index is 13.2. The lowest BCUT2D eigenvalue weighted by molar-refractivity contribution is -0.274. The minimum atomic E-state index is -4.76. The zero-order valence-electron chi connectivity index (χ0n) is 19.9. The third-order valence-corrected chi connectivity index (χ3v) is 7.81. The van der Waals surface area contributed by atoms with Gasteiger partial charge in [-0.1, -0.05) is 49.4 Å². The molecule has 2 aliphatic rings. The topological polar surface area (TPSA) is 45.7 Å². The monoisotopic (exact) mass is 515 g/mol. The van der Waals surface area contributed by atoms with Crippen LogP contribution in [0.3, 0.4) is 0 Å². The van der Waals surface area contributed by atoms with Gasteiger partial charge in [0.25, 0.3) is 5.91 Å². The summed E-state index contributed by atoms with van der Waals surface area (Å²) in [6, 6.07) is 16.3. The average Bonchev–Trinajstić information content (AvgIpc) is 3.23. The lowest BCUT2D eigenvalue weighted by Gasteiger charge is -2.26. The molecule has 3 atom stereocenters. The molecule has 3 aromatic rings. The van der Waals surface area contributed by atoms with Crippen molar-refractivity contribution in [3.05, 3.63) is 82.3 Å². The average molecular weight is 516 g/mol. The van der Waals surface area contributed by atoms with Gasteiger partial charge < -0.3 is 14.5 Å². The summed E-state index contributed by atoms with van der Waals surface area (Å²) < 4.78 is 42.1. The third kappa shape index (κ3) is 5.90. The molecular formula is C27H28F3N3O2S. The number of nitrogens with zero attached hydrogens (tertiary/aromatic N) is 3. The van der Waals surface area contributed by atoms with Crippen molar-refractivity contribution in [2.24, 2.45) is 17.8 Å². The van der Waals surface area contributed by atoms with E-state index in [1.165, 1.54) is 35.1 Å². The molecule has 1 aliphatic carbocycles. The van der Waals surface area contributed by atoms with Gasteiger partial charge in [0, 0.05) is 38.1 Å². The highest BCUT2D eigenvalue weighted by atomic mass is 32.1. The molecule has 5 rings (SSSR count). The van der Waals surface area contributed by atoms with Gasteiger partial charge in [0.15, 0.2) is 0 Å². The Hall–Kier alpha value is -2.91. The number of fused-ring (bicyclic) bond motifs is 1. The number of halogens is 3. The fourth-order valence-electron chi connectivity index (χ4n) is 5.45. The summed E-state index contributed by atoms with van der Waals surface area (Å²) >= 11 is 1.35. The van der Waals surface area contributed by atoms with Crippen LogP contribution in [0.1, 0.15) is 34.5 Å². The number of ether oxygens (including phenoxy) is 1. The third-order valence-electron chi connectivity index (χ3n) is 7.22. The van der Waals surface area contributed by atoms with Crippen LogP contribution in [0.5, 0.6) is 5.75 Å². The number of thiazole rings is 1. The first kappa shape index (κ1) is 24.8. The van der Waals surface area contributed by atoms with Gasteiger partial charge in [-0.25, -0.2) is 4.98 Å². The summed E-state index contributed by atoms with van der Waals surface area (Å²) in [5, 5.41) is 1.71. The van der Waals surface area contributed by atoms with Gasteiger partial charge in [-0.05, 0) is 46.9 Å². The molecule has 9 heteroatoms. The number of hydrogen-bond donors (Lipinski definition) is 0. The number of benzene rings is 2. The summed E-state index contributed by atoms with van der Waals surface area (Å²) in [6.45, 7) is 6.06. The minimum absolute atomic E-state index is 0.196. The molecule has 0 spiro atoms. The Morgan fingerprint density at radius 2 is 1.92 bits per heavy atom. The van der Waals surface area contributed by atoms with Crippen LogP contribution in [0.15, 0.2) is 65.5 Å². The molecule has 2 heterocycles. The molecule has 190 valence electrons. The quantitative estimate of drug-likeness (QED) is 0.369. The Morgan fingerprint density at radius 1 is 1.17 bits per heavy atom. The Balaban J connectivity index is 1.22. The molecule has 5 nitrogen and oxygen atoms in total. The smallest absolute Gasteiger partial charge is 0.406 e. The SMILES string of the molecule is CC(CN1CC2C(C1)C2CN(Cc1cccc(OC(F)(F)F)c1)C(=O)c1cscn1)c1ccccc1. The highest BCUT2D eigenvalue weighted by Crippen LogP contribution is 2.52. The van der Waals surface area contributed by atoms with E-state index in [-0.39, 0.29) is 18.2 Å². The lowest BCUT2D eigenvalue weighted by Crippen LogP contribution is -2.35. The van der Waals surface area contributed by atoms with Gasteiger partial charge in [0.05, 0.1) is 5.51 Å². The Morgan fingerprint density at radius 3 is 2.58 bits per heavy atom. The molecule has 0 N–H and O–H groups in total. The summed E-state index contributed by atoms with van der Waals surface area (Å²) in [4.78, 5) is 21.6. The predicted octanol–water partition coefficient (Wildman–Crippen LogP) is 5.67. The van der Waals surface area contributed by atoms with Gasteiger partial charge in [-0.2, -0.15) is 0 Å². The van der Waals surface area contributed by atoms with E-state index in [9.17, 15) is 18.0 Å². The number of hydrogen-bond acceptors (Lipinski definition) is 5. The van der Waals surface area contributed by atoms with Crippen LogP contribution < -0.4 is 4.74 Å². The first-order valence-corrected chi connectivity index (χ1v) is 13.0. The zero-order valence-corrected chi connectivity index (χ0v) is 20.7. The molecule has 1 saturated carbocycles. The van der Waals surface area contributed by atoms with Gasteiger partial charge >= 0.3 is 6.36 Å². The number of aromatic nitrogens is 1. The largest absolute Gasteiger partial charge is 0.573 e. The van der Waals surface area contributed by atoms with Crippen molar-refractivity contribution >= 4 is 17.2 Å². The maximum Gasteiger partial charge on any atom is 0.573 e. The van der Waals surface area contributed by atoms with E-state index in [2.05, 4.69) is 45.8 Å². The molecular weight excluding hydrogens is 487 g/mol. The van der Waals surface area contributed by atoms with E-state index in [4.69, 9.17) is 0 Å². The number of piperidine rings is 1. The first-order valence-electron chi connectivity index (χ1n) is 12.1. The van der Waals surface area contributed by atoms with Gasteiger partial charge in [-0.15, -0.1) is 24.5 Å². The van der Waals surface area contributed by atoms with Crippen molar-refractivity contribution in [3.63, 3.8) is 0 Å². The summed E-state index contributed by atoms with van der Waals surface area (Å²) in [5.74, 6) is 1.45. The molecule has 2 aromatic carbocycles. The summed E-state index contributed by atoms with van der Waals surface area (Å²) in [6.07, 6.45) is -4.76. The second-order valence-corrected chi connectivity index (χ2v) is 10.5. The van der Waals surface area contributed by atoms with Crippen molar-refractivity contribution in [2.45, 2.75) is 25.7 Å². The van der Waals surface area contributed by atoms with E-state index < -0.39 is 6.36 Å². The second-order valence-electron chi connectivity index (χ2n) is 9.78. The van der Waals surface area contributed by atoms with Crippen molar-refractivity contribution in [3.8, 4) is 5.75 Å². The fraction of sp³-hybridized carbons (Fsp3) is 0.407. The highest BCUT2D eigenvalue weighted by molar-refractivity contribution is 7.07. The van der Waals surface area contributed by atoms with Crippen molar-refractivity contribution in [2.75, 3.05) is 26.2 Å².